The van der Waals surface area contributed by atoms with Crippen molar-refractivity contribution in [3.63, 3.8) is 0 Å². The van der Waals surface area contributed by atoms with Gasteiger partial charge in [-0.25, -0.2) is 0 Å². The molecule has 0 amide bonds. The van der Waals surface area contributed by atoms with Crippen LogP contribution in [0.3, 0.4) is 0 Å². The summed E-state index contributed by atoms with van der Waals surface area (Å²) in [5.41, 5.74) is 6.93. The summed E-state index contributed by atoms with van der Waals surface area (Å²) in [4.78, 5) is 2.62. The third-order valence-electron chi connectivity index (χ3n) is 6.05. The zero-order valence-corrected chi connectivity index (χ0v) is 13.0. The second-order valence-corrected chi connectivity index (χ2v) is 7.92. The maximum atomic E-state index is 6.88. The minimum atomic E-state index is -0.0622. The summed E-state index contributed by atoms with van der Waals surface area (Å²) in [6.45, 7) is 12.4. The van der Waals surface area contributed by atoms with Crippen LogP contribution >= 0.6 is 0 Å². The molecule has 1 aliphatic heterocycles. The molecule has 0 spiro atoms. The number of nitrogens with zero attached hydrogens (tertiary/aromatic N) is 1. The highest BCUT2D eigenvalue weighted by molar-refractivity contribution is 5.21. The molecule has 1 heterocycles. The van der Waals surface area contributed by atoms with Gasteiger partial charge in [0, 0.05) is 42.6 Å². The molecular weight excluding hydrogens is 236 g/mol. The zero-order chi connectivity index (χ0) is 13.8. The summed E-state index contributed by atoms with van der Waals surface area (Å²) in [5, 5.41) is 0. The van der Waals surface area contributed by atoms with Crippen LogP contribution < -0.4 is 5.73 Å². The molecule has 2 N–H and O–H groups in total. The van der Waals surface area contributed by atoms with Crippen molar-refractivity contribution in [1.82, 2.24) is 4.90 Å². The SMILES string of the molecule is CC(C)N(CC1CC1)CC1(N)C2CCOC2C1(C)C. The zero-order valence-electron chi connectivity index (χ0n) is 13.0. The molecule has 2 aliphatic carbocycles. The summed E-state index contributed by atoms with van der Waals surface area (Å²) >= 11 is 0. The molecule has 1 saturated heterocycles. The average Bonchev–Trinajstić information content (AvgIpc) is 3.01. The summed E-state index contributed by atoms with van der Waals surface area (Å²) in [6.07, 6.45) is 4.38. The lowest BCUT2D eigenvalue weighted by molar-refractivity contribution is -0.165. The standard InChI is InChI=1S/C16H30N2O/c1-11(2)18(9-12-5-6-12)10-16(17)13-7-8-19-14(13)15(16,3)4/h11-14H,5-10,17H2,1-4H3. The van der Waals surface area contributed by atoms with E-state index in [-0.39, 0.29) is 11.0 Å². The van der Waals surface area contributed by atoms with Crippen molar-refractivity contribution in [3.05, 3.63) is 0 Å². The first-order valence-corrected chi connectivity index (χ1v) is 8.01. The smallest absolute Gasteiger partial charge is 0.0691 e. The molecule has 3 unspecified atom stereocenters. The summed E-state index contributed by atoms with van der Waals surface area (Å²) in [7, 11) is 0. The lowest BCUT2D eigenvalue weighted by Gasteiger charge is -2.63. The van der Waals surface area contributed by atoms with Gasteiger partial charge in [-0.1, -0.05) is 13.8 Å². The topological polar surface area (TPSA) is 38.5 Å². The Hall–Kier alpha value is -0.120. The van der Waals surface area contributed by atoms with E-state index in [1.54, 1.807) is 0 Å². The van der Waals surface area contributed by atoms with Crippen molar-refractivity contribution in [2.24, 2.45) is 23.0 Å². The van der Waals surface area contributed by atoms with Gasteiger partial charge in [0.2, 0.25) is 0 Å². The van der Waals surface area contributed by atoms with Crippen LogP contribution in [0.15, 0.2) is 0 Å². The Morgan fingerprint density at radius 2 is 1.95 bits per heavy atom. The van der Waals surface area contributed by atoms with Gasteiger partial charge in [-0.3, -0.25) is 4.90 Å². The van der Waals surface area contributed by atoms with Crippen molar-refractivity contribution < 1.29 is 4.74 Å². The lowest BCUT2D eigenvalue weighted by atomic mass is 9.48. The predicted molar refractivity (Wildman–Crippen MR) is 78.0 cm³/mol. The van der Waals surface area contributed by atoms with Crippen molar-refractivity contribution in [2.45, 2.75) is 64.6 Å². The number of rotatable bonds is 5. The summed E-state index contributed by atoms with van der Waals surface area (Å²) in [5.74, 6) is 1.51. The van der Waals surface area contributed by atoms with Gasteiger partial charge >= 0.3 is 0 Å². The van der Waals surface area contributed by atoms with E-state index in [2.05, 4.69) is 32.6 Å². The molecular formula is C16H30N2O. The molecule has 19 heavy (non-hydrogen) atoms. The molecule has 3 rings (SSSR count). The molecule has 3 aliphatic rings. The highest BCUT2D eigenvalue weighted by Crippen LogP contribution is 2.58. The number of nitrogens with two attached hydrogens (primary N) is 1. The van der Waals surface area contributed by atoms with E-state index in [0.717, 1.165) is 25.5 Å². The van der Waals surface area contributed by atoms with Crippen LogP contribution in [-0.2, 0) is 4.74 Å². The van der Waals surface area contributed by atoms with Crippen LogP contribution in [0.25, 0.3) is 0 Å². The molecule has 3 nitrogen and oxygen atoms in total. The van der Waals surface area contributed by atoms with Gasteiger partial charge in [0.1, 0.15) is 0 Å². The molecule has 0 aromatic rings. The van der Waals surface area contributed by atoms with Gasteiger partial charge < -0.3 is 10.5 Å². The van der Waals surface area contributed by atoms with Crippen molar-refractivity contribution in [2.75, 3.05) is 19.7 Å². The highest BCUT2D eigenvalue weighted by atomic mass is 16.5. The van der Waals surface area contributed by atoms with Crippen molar-refractivity contribution in [1.29, 1.82) is 0 Å². The quantitative estimate of drug-likeness (QED) is 0.829. The first-order valence-electron chi connectivity index (χ1n) is 8.01. The van der Waals surface area contributed by atoms with E-state index in [1.165, 1.54) is 19.4 Å². The van der Waals surface area contributed by atoms with Crippen LogP contribution in [0.2, 0.25) is 0 Å². The first kappa shape index (κ1) is 13.8. The maximum absolute atomic E-state index is 6.88. The fourth-order valence-corrected chi connectivity index (χ4v) is 4.22. The minimum Gasteiger partial charge on any atom is -0.377 e. The van der Waals surface area contributed by atoms with E-state index in [0.29, 0.717) is 18.1 Å². The molecule has 110 valence electrons. The average molecular weight is 266 g/mol. The van der Waals surface area contributed by atoms with Crippen LogP contribution in [0.5, 0.6) is 0 Å². The number of hydrogen-bond donors (Lipinski definition) is 1. The van der Waals surface area contributed by atoms with Gasteiger partial charge in [-0.15, -0.1) is 0 Å². The molecule has 0 aromatic carbocycles. The lowest BCUT2D eigenvalue weighted by Crippen LogP contribution is -2.78. The highest BCUT2D eigenvalue weighted by Gasteiger charge is 2.67. The third-order valence-corrected chi connectivity index (χ3v) is 6.05. The molecule has 2 saturated carbocycles. The number of ether oxygens (including phenoxy) is 1. The van der Waals surface area contributed by atoms with E-state index in [1.807, 2.05) is 0 Å². The van der Waals surface area contributed by atoms with E-state index < -0.39 is 0 Å². The number of hydrogen-bond acceptors (Lipinski definition) is 3. The van der Waals surface area contributed by atoms with Crippen LogP contribution in [0.1, 0.15) is 47.0 Å². The fourth-order valence-electron chi connectivity index (χ4n) is 4.22. The summed E-state index contributed by atoms with van der Waals surface area (Å²) < 4.78 is 5.90. The van der Waals surface area contributed by atoms with Crippen molar-refractivity contribution in [3.8, 4) is 0 Å². The summed E-state index contributed by atoms with van der Waals surface area (Å²) in [6, 6.07) is 0.596. The van der Waals surface area contributed by atoms with Gasteiger partial charge in [-0.05, 0) is 39.0 Å². The molecule has 0 radical (unpaired) electrons. The normalized spacial score (nSPS) is 40.6. The van der Waals surface area contributed by atoms with Gasteiger partial charge in [0.25, 0.3) is 0 Å². The molecule has 3 heteroatoms. The maximum Gasteiger partial charge on any atom is 0.0691 e. The predicted octanol–water partition coefficient (Wildman–Crippen LogP) is 2.25. The van der Waals surface area contributed by atoms with Gasteiger partial charge in [-0.2, -0.15) is 0 Å². The Labute approximate surface area is 117 Å². The van der Waals surface area contributed by atoms with Gasteiger partial charge in [0.15, 0.2) is 0 Å². The molecule has 3 atom stereocenters. The first-order chi connectivity index (χ1) is 8.86. The van der Waals surface area contributed by atoms with E-state index in [9.17, 15) is 0 Å². The second kappa shape index (κ2) is 4.44. The minimum absolute atomic E-state index is 0.0622. The van der Waals surface area contributed by atoms with E-state index >= 15 is 0 Å². The Balaban J connectivity index is 1.72. The van der Waals surface area contributed by atoms with Gasteiger partial charge in [0.05, 0.1) is 6.10 Å². The van der Waals surface area contributed by atoms with Crippen LogP contribution in [0.4, 0.5) is 0 Å². The third kappa shape index (κ3) is 2.05. The molecule has 0 aromatic heterocycles. The Morgan fingerprint density at radius 1 is 1.26 bits per heavy atom. The largest absolute Gasteiger partial charge is 0.377 e. The van der Waals surface area contributed by atoms with Crippen LogP contribution in [-0.4, -0.2) is 42.3 Å². The Kier molecular flexibility index (Phi) is 3.23. The van der Waals surface area contributed by atoms with Crippen LogP contribution in [0, 0.1) is 17.3 Å². The van der Waals surface area contributed by atoms with E-state index in [4.69, 9.17) is 10.5 Å². The number of fused-ring (bicyclic) bond motifs is 1. The Bertz CT molecular complexity index is 351. The van der Waals surface area contributed by atoms with Crippen molar-refractivity contribution >= 4 is 0 Å². The molecule has 0 bridgehead atoms. The fraction of sp³-hybridized carbons (Fsp3) is 1.00. The molecule has 3 fully saturated rings. The second-order valence-electron chi connectivity index (χ2n) is 7.92. The monoisotopic (exact) mass is 266 g/mol. The Morgan fingerprint density at radius 3 is 2.53 bits per heavy atom.